The Balaban J connectivity index is 1.93. The van der Waals surface area contributed by atoms with E-state index in [1.807, 2.05) is 24.3 Å². The first-order chi connectivity index (χ1) is 9.15. The SMILES string of the molecule is Clc1nc(C2COc3ccccc3C2)nc(Cl)c1Br. The van der Waals surface area contributed by atoms with Crippen molar-refractivity contribution in [2.45, 2.75) is 12.3 Å². The first kappa shape index (κ1) is 13.2. The van der Waals surface area contributed by atoms with E-state index in [-0.39, 0.29) is 5.92 Å². The molecule has 0 saturated carbocycles. The second-order valence-electron chi connectivity index (χ2n) is 4.30. The van der Waals surface area contributed by atoms with Gasteiger partial charge in [0.25, 0.3) is 0 Å². The van der Waals surface area contributed by atoms with Gasteiger partial charge in [0.1, 0.15) is 21.9 Å². The fourth-order valence-corrected chi connectivity index (χ4v) is 2.66. The molecule has 1 aliphatic heterocycles. The van der Waals surface area contributed by atoms with Gasteiger partial charge in [0.05, 0.1) is 17.0 Å². The molecule has 0 bridgehead atoms. The molecule has 6 heteroatoms. The molecule has 0 spiro atoms. The Morgan fingerprint density at radius 3 is 2.58 bits per heavy atom. The van der Waals surface area contributed by atoms with Gasteiger partial charge in [0.2, 0.25) is 0 Å². The first-order valence-electron chi connectivity index (χ1n) is 5.74. The lowest BCUT2D eigenvalue weighted by molar-refractivity contribution is 0.257. The minimum atomic E-state index is 0.0676. The summed E-state index contributed by atoms with van der Waals surface area (Å²) in [5, 5.41) is 0.655. The van der Waals surface area contributed by atoms with Crippen LogP contribution in [0.15, 0.2) is 28.7 Å². The van der Waals surface area contributed by atoms with E-state index in [1.165, 1.54) is 0 Å². The summed E-state index contributed by atoms with van der Waals surface area (Å²) in [6.45, 7) is 0.533. The number of ether oxygens (including phenoxy) is 1. The Morgan fingerprint density at radius 1 is 1.16 bits per heavy atom. The van der Waals surface area contributed by atoms with Gasteiger partial charge >= 0.3 is 0 Å². The highest BCUT2D eigenvalue weighted by molar-refractivity contribution is 9.10. The number of para-hydroxylation sites is 1. The van der Waals surface area contributed by atoms with Crippen LogP contribution in [0, 0.1) is 0 Å². The molecule has 0 aliphatic carbocycles. The van der Waals surface area contributed by atoms with E-state index in [1.54, 1.807) is 0 Å². The van der Waals surface area contributed by atoms with Crippen molar-refractivity contribution in [3.63, 3.8) is 0 Å². The van der Waals surface area contributed by atoms with Crippen LogP contribution >= 0.6 is 39.1 Å². The molecule has 1 aromatic carbocycles. The van der Waals surface area contributed by atoms with Crippen LogP contribution in [-0.2, 0) is 6.42 Å². The summed E-state index contributed by atoms with van der Waals surface area (Å²) in [5.41, 5.74) is 1.15. The minimum Gasteiger partial charge on any atom is -0.493 e. The van der Waals surface area contributed by atoms with Gasteiger partial charge in [-0.1, -0.05) is 41.4 Å². The molecule has 3 rings (SSSR count). The molecule has 2 heterocycles. The molecule has 0 fully saturated rings. The monoisotopic (exact) mass is 358 g/mol. The predicted molar refractivity (Wildman–Crippen MR) is 78.1 cm³/mol. The van der Waals surface area contributed by atoms with Gasteiger partial charge in [-0.2, -0.15) is 0 Å². The summed E-state index contributed by atoms with van der Waals surface area (Å²) >= 11 is 15.3. The molecule has 98 valence electrons. The zero-order valence-electron chi connectivity index (χ0n) is 9.74. The molecular weight excluding hydrogens is 351 g/mol. The Hall–Kier alpha value is -0.840. The summed E-state index contributed by atoms with van der Waals surface area (Å²) in [5.74, 6) is 1.61. The van der Waals surface area contributed by atoms with Gasteiger partial charge < -0.3 is 4.74 Å². The summed E-state index contributed by atoms with van der Waals surface area (Å²) in [7, 11) is 0. The lowest BCUT2D eigenvalue weighted by Gasteiger charge is -2.24. The first-order valence-corrected chi connectivity index (χ1v) is 7.29. The zero-order chi connectivity index (χ0) is 13.4. The zero-order valence-corrected chi connectivity index (χ0v) is 12.8. The van der Waals surface area contributed by atoms with Crippen molar-refractivity contribution in [2.24, 2.45) is 0 Å². The van der Waals surface area contributed by atoms with Crippen LogP contribution in [0.1, 0.15) is 17.3 Å². The largest absolute Gasteiger partial charge is 0.493 e. The van der Waals surface area contributed by atoms with Crippen LogP contribution in [0.25, 0.3) is 0 Å². The lowest BCUT2D eigenvalue weighted by atomic mass is 9.96. The summed E-state index contributed by atoms with van der Waals surface area (Å²) in [6.07, 6.45) is 0.824. The maximum absolute atomic E-state index is 6.02. The number of benzene rings is 1. The summed E-state index contributed by atoms with van der Waals surface area (Å²) in [6, 6.07) is 7.97. The molecule has 1 unspecified atom stereocenters. The second kappa shape index (κ2) is 5.27. The Kier molecular flexibility index (Phi) is 3.65. The van der Waals surface area contributed by atoms with E-state index in [0.717, 1.165) is 17.7 Å². The van der Waals surface area contributed by atoms with Crippen molar-refractivity contribution in [1.82, 2.24) is 9.97 Å². The molecule has 1 atom stereocenters. The maximum atomic E-state index is 6.02. The maximum Gasteiger partial charge on any atom is 0.148 e. The third kappa shape index (κ3) is 2.57. The number of aromatic nitrogens is 2. The lowest BCUT2D eigenvalue weighted by Crippen LogP contribution is -2.21. The van der Waals surface area contributed by atoms with E-state index in [4.69, 9.17) is 27.9 Å². The van der Waals surface area contributed by atoms with E-state index in [0.29, 0.717) is 27.2 Å². The highest BCUT2D eigenvalue weighted by Gasteiger charge is 2.24. The highest BCUT2D eigenvalue weighted by Crippen LogP contribution is 2.34. The number of fused-ring (bicyclic) bond motifs is 1. The van der Waals surface area contributed by atoms with Gasteiger partial charge in [0.15, 0.2) is 0 Å². The van der Waals surface area contributed by atoms with Crippen LogP contribution < -0.4 is 4.74 Å². The van der Waals surface area contributed by atoms with Crippen molar-refractivity contribution < 1.29 is 4.74 Å². The van der Waals surface area contributed by atoms with Crippen molar-refractivity contribution in [2.75, 3.05) is 6.61 Å². The number of hydrogen-bond acceptors (Lipinski definition) is 3. The number of rotatable bonds is 1. The molecule has 2 aromatic rings. The summed E-state index contributed by atoms with van der Waals surface area (Å²) in [4.78, 5) is 8.55. The third-order valence-electron chi connectivity index (χ3n) is 3.03. The Bertz CT molecular complexity index is 613. The molecule has 1 aliphatic rings. The van der Waals surface area contributed by atoms with Crippen LogP contribution in [0.2, 0.25) is 10.3 Å². The van der Waals surface area contributed by atoms with Crippen molar-refractivity contribution in [3.05, 3.63) is 50.4 Å². The quantitative estimate of drug-likeness (QED) is 0.713. The van der Waals surface area contributed by atoms with Gasteiger partial charge in [-0.05, 0) is 34.0 Å². The number of nitrogens with zero attached hydrogens (tertiary/aromatic N) is 2. The predicted octanol–water partition coefficient (Wildman–Crippen LogP) is 4.26. The molecule has 0 saturated heterocycles. The van der Waals surface area contributed by atoms with Crippen LogP contribution in [0.3, 0.4) is 0 Å². The van der Waals surface area contributed by atoms with Crippen LogP contribution in [0.4, 0.5) is 0 Å². The third-order valence-corrected chi connectivity index (χ3v) is 4.79. The molecule has 3 nitrogen and oxygen atoms in total. The second-order valence-corrected chi connectivity index (χ2v) is 5.81. The normalized spacial score (nSPS) is 17.7. The van der Waals surface area contributed by atoms with E-state index >= 15 is 0 Å². The fraction of sp³-hybridized carbons (Fsp3) is 0.231. The van der Waals surface area contributed by atoms with Crippen LogP contribution in [0.5, 0.6) is 5.75 Å². The van der Waals surface area contributed by atoms with E-state index < -0.39 is 0 Å². The highest BCUT2D eigenvalue weighted by atomic mass is 79.9. The van der Waals surface area contributed by atoms with E-state index in [9.17, 15) is 0 Å². The summed E-state index contributed by atoms with van der Waals surface area (Å²) < 4.78 is 6.25. The fourth-order valence-electron chi connectivity index (χ4n) is 2.09. The average Bonchev–Trinajstić information content (AvgIpc) is 2.43. The van der Waals surface area contributed by atoms with Crippen molar-refractivity contribution >= 4 is 39.1 Å². The topological polar surface area (TPSA) is 35.0 Å². The van der Waals surface area contributed by atoms with Crippen molar-refractivity contribution in [1.29, 1.82) is 0 Å². The van der Waals surface area contributed by atoms with Gasteiger partial charge in [-0.3, -0.25) is 0 Å². The molecular formula is C13H9BrCl2N2O. The molecule has 1 aromatic heterocycles. The standard InChI is InChI=1S/C13H9BrCl2N2O/c14-10-11(15)17-13(18-12(10)16)8-5-7-3-1-2-4-9(7)19-6-8/h1-4,8H,5-6H2. The van der Waals surface area contributed by atoms with E-state index in [2.05, 4.69) is 25.9 Å². The molecule has 19 heavy (non-hydrogen) atoms. The molecule has 0 radical (unpaired) electrons. The Morgan fingerprint density at radius 2 is 1.84 bits per heavy atom. The molecule has 0 amide bonds. The van der Waals surface area contributed by atoms with Gasteiger partial charge in [-0.25, -0.2) is 9.97 Å². The van der Waals surface area contributed by atoms with Crippen molar-refractivity contribution in [3.8, 4) is 5.75 Å². The van der Waals surface area contributed by atoms with Gasteiger partial charge in [-0.15, -0.1) is 0 Å². The van der Waals surface area contributed by atoms with Gasteiger partial charge in [0, 0.05) is 0 Å². The minimum absolute atomic E-state index is 0.0676. The smallest absolute Gasteiger partial charge is 0.148 e. The number of halogens is 3. The number of hydrogen-bond donors (Lipinski definition) is 0. The Labute approximate surface area is 129 Å². The van der Waals surface area contributed by atoms with Crippen LogP contribution in [-0.4, -0.2) is 16.6 Å². The average molecular weight is 360 g/mol. The molecule has 0 N–H and O–H groups in total.